The first-order chi connectivity index (χ1) is 3.18. The summed E-state index contributed by atoms with van der Waals surface area (Å²) < 4.78 is 0. The Kier molecular flexibility index (Phi) is 2.29. The third-order valence-corrected chi connectivity index (χ3v) is 0.624. The average Bonchev–Trinajstić information content (AvgIpc) is 1.65. The van der Waals surface area contributed by atoms with E-state index in [1.54, 1.807) is 0 Å². The maximum Gasteiger partial charge on any atom is 0.233 e. The Balaban J connectivity index is 3.34. The van der Waals surface area contributed by atoms with Crippen LogP contribution in [0.2, 0.25) is 0 Å². The zero-order chi connectivity index (χ0) is 5.86. The summed E-state index contributed by atoms with van der Waals surface area (Å²) in [5.41, 5.74) is 0. The number of hydrogen-bond donors (Lipinski definition) is 1. The molecule has 42 valence electrons. The molecule has 0 amide bonds. The van der Waals surface area contributed by atoms with E-state index in [4.69, 9.17) is 5.11 Å². The summed E-state index contributed by atoms with van der Waals surface area (Å²) in [5, 5.41) is 17.6. The minimum atomic E-state index is -0.819. The molecule has 0 aliphatic carbocycles. The van der Waals surface area contributed by atoms with Crippen molar-refractivity contribution in [3.05, 3.63) is 10.1 Å². The van der Waals surface area contributed by atoms with Crippen LogP contribution in [0.15, 0.2) is 0 Å². The first-order valence-electron chi connectivity index (χ1n) is 1.93. The fourth-order valence-electron chi connectivity index (χ4n) is 0.0667. The topological polar surface area (TPSA) is 63.4 Å². The van der Waals surface area contributed by atoms with Crippen LogP contribution in [0.4, 0.5) is 0 Å². The van der Waals surface area contributed by atoms with Crippen LogP contribution in [0, 0.1) is 10.1 Å². The van der Waals surface area contributed by atoms with Crippen LogP contribution in [0.5, 0.6) is 0 Å². The Bertz CT molecular complexity index is 72.6. The molecule has 0 aromatic carbocycles. The summed E-state index contributed by atoms with van der Waals surface area (Å²) in [6.07, 6.45) is 0. The smallest absolute Gasteiger partial charge is 0.233 e. The van der Waals surface area contributed by atoms with E-state index in [0.29, 0.717) is 0 Å². The molecule has 4 nitrogen and oxygen atoms in total. The van der Waals surface area contributed by atoms with E-state index in [0.717, 1.165) is 0 Å². The fourth-order valence-corrected chi connectivity index (χ4v) is 0.0667. The first kappa shape index (κ1) is 6.36. The van der Waals surface area contributed by atoms with Crippen molar-refractivity contribution in [1.29, 1.82) is 0 Å². The molecule has 1 N–H and O–H groups in total. The Morgan fingerprint density at radius 2 is 2.43 bits per heavy atom. The molecule has 0 fully saturated rings. The second kappa shape index (κ2) is 2.52. The highest BCUT2D eigenvalue weighted by atomic mass is 16.6. The van der Waals surface area contributed by atoms with Gasteiger partial charge in [-0.1, -0.05) is 0 Å². The van der Waals surface area contributed by atoms with Crippen molar-refractivity contribution in [2.45, 2.75) is 13.0 Å². The highest BCUT2D eigenvalue weighted by molar-refractivity contribution is 4.39. The molecule has 0 spiro atoms. The maximum atomic E-state index is 9.58. The van der Waals surface area contributed by atoms with Crippen LogP contribution < -0.4 is 0 Å². The molecule has 0 saturated carbocycles. The van der Waals surface area contributed by atoms with Crippen LogP contribution in [-0.2, 0) is 0 Å². The first-order valence-corrected chi connectivity index (χ1v) is 1.93. The molecule has 0 unspecified atom stereocenters. The van der Waals surface area contributed by atoms with Gasteiger partial charge in [-0.3, -0.25) is 10.1 Å². The van der Waals surface area contributed by atoms with E-state index >= 15 is 0 Å². The molecule has 0 radical (unpaired) electrons. The van der Waals surface area contributed by atoms with E-state index in [1.807, 2.05) is 0 Å². The number of aliphatic hydroxyl groups excluding tert-OH is 1. The molecular formula is C3H7NO3. The van der Waals surface area contributed by atoms with E-state index in [1.165, 1.54) is 6.92 Å². The minimum Gasteiger partial charge on any atom is -0.389 e. The fraction of sp³-hybridized carbons (Fsp3) is 1.00. The molecule has 7 heavy (non-hydrogen) atoms. The third kappa shape index (κ3) is 2.11. The number of aliphatic hydroxyl groups is 1. The van der Waals surface area contributed by atoms with Crippen molar-refractivity contribution in [3.63, 3.8) is 0 Å². The Morgan fingerprint density at radius 3 is 2.43 bits per heavy atom. The predicted molar refractivity (Wildman–Crippen MR) is 23.5 cm³/mol. The summed E-state index contributed by atoms with van der Waals surface area (Å²) >= 11 is 0. The van der Waals surface area contributed by atoms with Crippen LogP contribution in [0.25, 0.3) is 0 Å². The lowest BCUT2D eigenvalue weighted by atomic mass is 10.4. The van der Waals surface area contributed by atoms with Crippen molar-refractivity contribution in [3.8, 4) is 0 Å². The lowest BCUT2D eigenvalue weighted by Gasteiger charge is -1.94. The molecule has 0 saturated heterocycles. The maximum absolute atomic E-state index is 9.58. The lowest BCUT2D eigenvalue weighted by molar-refractivity contribution is -0.521. The Morgan fingerprint density at radius 1 is 2.00 bits per heavy atom. The highest BCUT2D eigenvalue weighted by Gasteiger charge is 2.07. The van der Waals surface area contributed by atoms with Gasteiger partial charge < -0.3 is 5.11 Å². The monoisotopic (exact) mass is 105 g/mol. The van der Waals surface area contributed by atoms with Gasteiger partial charge in [0.2, 0.25) is 6.04 Å². The SMILES string of the molecule is C[C@H](CO)[N+](=O)[O-]. The van der Waals surface area contributed by atoms with Crippen molar-refractivity contribution in [1.82, 2.24) is 0 Å². The van der Waals surface area contributed by atoms with Crippen molar-refractivity contribution < 1.29 is 10.0 Å². The number of hydrogen-bond acceptors (Lipinski definition) is 3. The largest absolute Gasteiger partial charge is 0.389 e. The highest BCUT2D eigenvalue weighted by Crippen LogP contribution is 1.81. The van der Waals surface area contributed by atoms with Gasteiger partial charge in [0.25, 0.3) is 0 Å². The van der Waals surface area contributed by atoms with Gasteiger partial charge in [-0.25, -0.2) is 0 Å². The lowest BCUT2D eigenvalue weighted by Crippen LogP contribution is -2.18. The van der Waals surface area contributed by atoms with Crippen LogP contribution in [-0.4, -0.2) is 22.7 Å². The summed E-state index contributed by atoms with van der Waals surface area (Å²) in [6, 6.07) is -0.819. The molecule has 0 rings (SSSR count). The van der Waals surface area contributed by atoms with Crippen molar-refractivity contribution in [2.75, 3.05) is 6.61 Å². The van der Waals surface area contributed by atoms with E-state index in [2.05, 4.69) is 0 Å². The van der Waals surface area contributed by atoms with Gasteiger partial charge in [-0.05, 0) is 0 Å². The Labute approximate surface area is 40.9 Å². The van der Waals surface area contributed by atoms with Gasteiger partial charge in [0, 0.05) is 11.8 Å². The van der Waals surface area contributed by atoms with Gasteiger partial charge in [0.05, 0.1) is 0 Å². The van der Waals surface area contributed by atoms with Gasteiger partial charge in [-0.2, -0.15) is 0 Å². The molecule has 1 atom stereocenters. The molecule has 0 bridgehead atoms. The molecule has 0 aromatic rings. The van der Waals surface area contributed by atoms with E-state index < -0.39 is 11.0 Å². The zero-order valence-corrected chi connectivity index (χ0v) is 4.00. The third-order valence-electron chi connectivity index (χ3n) is 0.624. The predicted octanol–water partition coefficient (Wildman–Crippen LogP) is -0.356. The van der Waals surface area contributed by atoms with Crippen molar-refractivity contribution >= 4 is 0 Å². The molecule has 4 heteroatoms. The zero-order valence-electron chi connectivity index (χ0n) is 4.00. The second-order valence-corrected chi connectivity index (χ2v) is 1.32. The van der Waals surface area contributed by atoms with Crippen LogP contribution >= 0.6 is 0 Å². The van der Waals surface area contributed by atoms with Crippen molar-refractivity contribution in [2.24, 2.45) is 0 Å². The quantitative estimate of drug-likeness (QED) is 0.385. The van der Waals surface area contributed by atoms with Gasteiger partial charge >= 0.3 is 0 Å². The standard InChI is InChI=1S/C3H7NO3/c1-3(2-5)4(6)7/h3,5H,2H2,1H3/t3-/m1/s1. The summed E-state index contributed by atoms with van der Waals surface area (Å²) in [5.74, 6) is 0. The van der Waals surface area contributed by atoms with E-state index in [-0.39, 0.29) is 6.61 Å². The number of nitrogens with zero attached hydrogens (tertiary/aromatic N) is 1. The number of rotatable bonds is 2. The average molecular weight is 105 g/mol. The normalized spacial score (nSPS) is 13.4. The summed E-state index contributed by atoms with van der Waals surface area (Å²) in [4.78, 5) is 9.05. The van der Waals surface area contributed by atoms with Crippen LogP contribution in [0.1, 0.15) is 6.92 Å². The summed E-state index contributed by atoms with van der Waals surface area (Å²) in [6.45, 7) is 0.965. The molecular weight excluding hydrogens is 98.0 g/mol. The van der Waals surface area contributed by atoms with E-state index in [9.17, 15) is 10.1 Å². The summed E-state index contributed by atoms with van der Waals surface area (Å²) in [7, 11) is 0. The van der Waals surface area contributed by atoms with Crippen LogP contribution in [0.3, 0.4) is 0 Å². The van der Waals surface area contributed by atoms with Gasteiger partial charge in [0.1, 0.15) is 6.61 Å². The molecule has 0 aromatic heterocycles. The molecule has 0 aliphatic rings. The molecule has 0 aliphatic heterocycles. The number of nitro groups is 1. The van der Waals surface area contributed by atoms with Gasteiger partial charge in [0.15, 0.2) is 0 Å². The molecule has 0 heterocycles. The Hall–Kier alpha value is -0.640. The second-order valence-electron chi connectivity index (χ2n) is 1.32. The minimum absolute atomic E-state index is 0.382. The van der Waals surface area contributed by atoms with Gasteiger partial charge in [-0.15, -0.1) is 0 Å².